The van der Waals surface area contributed by atoms with Gasteiger partial charge >= 0.3 is 0 Å². The molecule has 106 valence electrons. The molecule has 0 spiro atoms. The second-order valence-electron chi connectivity index (χ2n) is 4.82. The number of nitrogens with two attached hydrogens (primary N) is 1. The molecule has 0 unspecified atom stereocenters. The lowest BCUT2D eigenvalue weighted by Crippen LogP contribution is -2.41. The van der Waals surface area contributed by atoms with E-state index in [4.69, 9.17) is 17.3 Å². The van der Waals surface area contributed by atoms with Crippen molar-refractivity contribution in [3.63, 3.8) is 0 Å². The molecule has 0 bridgehead atoms. The molecule has 1 saturated heterocycles. The minimum atomic E-state index is -3.07. The zero-order chi connectivity index (χ0) is 14.0. The fraction of sp³-hybridized carbons (Fsp3) is 0.500. The number of hydrogen-bond acceptors (Lipinski definition) is 4. The first-order chi connectivity index (χ1) is 8.86. The van der Waals surface area contributed by atoms with Crippen LogP contribution in [0.1, 0.15) is 12.8 Å². The molecule has 7 heteroatoms. The molecular formula is C12H18ClN3O2S. The number of nitrogen functional groups attached to an aromatic ring is 1. The van der Waals surface area contributed by atoms with Crippen molar-refractivity contribution >= 4 is 33.0 Å². The standard InChI is InChI=1S/C12H18ClN3O2S/c1-19(17,18)16-6-4-10(5-7-16)15-12-3-2-9(14)8-11(12)13/h2-3,8,10,15H,4-7,14H2,1H3. The summed E-state index contributed by atoms with van der Waals surface area (Å²) < 4.78 is 24.3. The molecule has 0 atom stereocenters. The maximum Gasteiger partial charge on any atom is 0.211 e. The molecule has 0 aliphatic carbocycles. The highest BCUT2D eigenvalue weighted by atomic mass is 35.5. The van der Waals surface area contributed by atoms with E-state index in [9.17, 15) is 8.42 Å². The van der Waals surface area contributed by atoms with Crippen molar-refractivity contribution in [1.82, 2.24) is 4.31 Å². The molecule has 2 rings (SSSR count). The van der Waals surface area contributed by atoms with Crippen LogP contribution < -0.4 is 11.1 Å². The van der Waals surface area contributed by atoms with E-state index in [1.54, 1.807) is 12.1 Å². The molecule has 1 aliphatic heterocycles. The summed E-state index contributed by atoms with van der Waals surface area (Å²) in [7, 11) is -3.07. The van der Waals surface area contributed by atoms with E-state index >= 15 is 0 Å². The lowest BCUT2D eigenvalue weighted by atomic mass is 10.1. The van der Waals surface area contributed by atoms with E-state index in [1.807, 2.05) is 6.07 Å². The molecular weight excluding hydrogens is 286 g/mol. The molecule has 0 saturated carbocycles. The van der Waals surface area contributed by atoms with Crippen molar-refractivity contribution in [3.8, 4) is 0 Å². The van der Waals surface area contributed by atoms with E-state index in [2.05, 4.69) is 5.32 Å². The second kappa shape index (κ2) is 5.56. The topological polar surface area (TPSA) is 75.4 Å². The van der Waals surface area contributed by atoms with E-state index in [1.165, 1.54) is 10.6 Å². The Morgan fingerprint density at radius 1 is 1.37 bits per heavy atom. The maximum atomic E-state index is 11.4. The summed E-state index contributed by atoms with van der Waals surface area (Å²) in [6, 6.07) is 5.58. The van der Waals surface area contributed by atoms with E-state index in [-0.39, 0.29) is 6.04 Å². The molecule has 1 aromatic rings. The summed E-state index contributed by atoms with van der Waals surface area (Å²) in [6.45, 7) is 1.09. The van der Waals surface area contributed by atoms with Gasteiger partial charge in [0.15, 0.2) is 0 Å². The molecule has 5 nitrogen and oxygen atoms in total. The van der Waals surface area contributed by atoms with Crippen molar-refractivity contribution in [3.05, 3.63) is 23.2 Å². The SMILES string of the molecule is CS(=O)(=O)N1CCC(Nc2ccc(N)cc2Cl)CC1. The van der Waals surface area contributed by atoms with Crippen LogP contribution in [-0.2, 0) is 10.0 Å². The predicted octanol–water partition coefficient (Wildman–Crippen LogP) is 1.76. The number of anilines is 2. The Morgan fingerprint density at radius 3 is 2.53 bits per heavy atom. The summed E-state index contributed by atoms with van der Waals surface area (Å²) in [5, 5.41) is 3.93. The van der Waals surface area contributed by atoms with Crippen LogP contribution in [0, 0.1) is 0 Å². The average Bonchev–Trinajstić information content (AvgIpc) is 2.32. The highest BCUT2D eigenvalue weighted by molar-refractivity contribution is 7.88. The highest BCUT2D eigenvalue weighted by Crippen LogP contribution is 2.26. The van der Waals surface area contributed by atoms with Gasteiger partial charge in [-0.3, -0.25) is 0 Å². The monoisotopic (exact) mass is 303 g/mol. The number of hydrogen-bond donors (Lipinski definition) is 2. The Morgan fingerprint density at radius 2 is 2.00 bits per heavy atom. The Balaban J connectivity index is 1.96. The summed E-state index contributed by atoms with van der Waals surface area (Å²) in [5.74, 6) is 0. The largest absolute Gasteiger partial charge is 0.399 e. The first kappa shape index (κ1) is 14.4. The van der Waals surface area contributed by atoms with Crippen LogP contribution in [0.2, 0.25) is 5.02 Å². The van der Waals surface area contributed by atoms with Crippen LogP contribution in [0.25, 0.3) is 0 Å². The smallest absolute Gasteiger partial charge is 0.211 e. The van der Waals surface area contributed by atoms with Crippen LogP contribution in [0.4, 0.5) is 11.4 Å². The summed E-state index contributed by atoms with van der Waals surface area (Å²) in [5.41, 5.74) is 7.11. The molecule has 1 heterocycles. The number of nitrogens with zero attached hydrogens (tertiary/aromatic N) is 1. The first-order valence-corrected chi connectivity index (χ1v) is 8.35. The maximum absolute atomic E-state index is 11.4. The number of sulfonamides is 1. The Kier molecular flexibility index (Phi) is 4.23. The van der Waals surface area contributed by atoms with Crippen LogP contribution in [0.15, 0.2) is 18.2 Å². The predicted molar refractivity (Wildman–Crippen MR) is 78.9 cm³/mol. The van der Waals surface area contributed by atoms with Crippen molar-refractivity contribution in [2.24, 2.45) is 0 Å². The number of piperidine rings is 1. The zero-order valence-electron chi connectivity index (χ0n) is 10.8. The van der Waals surface area contributed by atoms with E-state index in [0.717, 1.165) is 18.5 Å². The quantitative estimate of drug-likeness (QED) is 0.834. The summed E-state index contributed by atoms with van der Waals surface area (Å²) in [6.07, 6.45) is 2.79. The van der Waals surface area contributed by atoms with Gasteiger partial charge in [0.1, 0.15) is 0 Å². The number of nitrogens with one attached hydrogen (secondary N) is 1. The van der Waals surface area contributed by atoms with Gasteiger partial charge in [-0.1, -0.05) is 11.6 Å². The first-order valence-electron chi connectivity index (χ1n) is 6.13. The fourth-order valence-electron chi connectivity index (χ4n) is 2.20. The van der Waals surface area contributed by atoms with E-state index < -0.39 is 10.0 Å². The van der Waals surface area contributed by atoms with Crippen LogP contribution >= 0.6 is 11.6 Å². The van der Waals surface area contributed by atoms with Crippen molar-refractivity contribution in [1.29, 1.82) is 0 Å². The molecule has 1 fully saturated rings. The van der Waals surface area contributed by atoms with Gasteiger partial charge in [0, 0.05) is 24.8 Å². The molecule has 0 amide bonds. The minimum Gasteiger partial charge on any atom is -0.399 e. The van der Waals surface area contributed by atoms with Crippen LogP contribution in [-0.4, -0.2) is 38.1 Å². The van der Waals surface area contributed by atoms with Crippen molar-refractivity contribution in [2.45, 2.75) is 18.9 Å². The zero-order valence-corrected chi connectivity index (χ0v) is 12.3. The second-order valence-corrected chi connectivity index (χ2v) is 7.21. The minimum absolute atomic E-state index is 0.235. The highest BCUT2D eigenvalue weighted by Gasteiger charge is 2.24. The third-order valence-electron chi connectivity index (χ3n) is 3.28. The fourth-order valence-corrected chi connectivity index (χ4v) is 3.32. The van der Waals surface area contributed by atoms with Gasteiger partial charge in [0.05, 0.1) is 17.0 Å². The Bertz CT molecular complexity index is 554. The van der Waals surface area contributed by atoms with Gasteiger partial charge < -0.3 is 11.1 Å². The summed E-state index contributed by atoms with van der Waals surface area (Å²) >= 11 is 6.10. The molecule has 1 aromatic carbocycles. The lowest BCUT2D eigenvalue weighted by Gasteiger charge is -2.31. The van der Waals surface area contributed by atoms with Gasteiger partial charge in [-0.25, -0.2) is 12.7 Å². The third kappa shape index (κ3) is 3.75. The Labute approximate surface area is 118 Å². The third-order valence-corrected chi connectivity index (χ3v) is 4.89. The normalized spacial score (nSPS) is 18.4. The summed E-state index contributed by atoms with van der Waals surface area (Å²) in [4.78, 5) is 0. The number of benzene rings is 1. The van der Waals surface area contributed by atoms with Crippen LogP contribution in [0.5, 0.6) is 0 Å². The van der Waals surface area contributed by atoms with E-state index in [0.29, 0.717) is 23.8 Å². The number of rotatable bonds is 3. The molecule has 3 N–H and O–H groups in total. The molecule has 19 heavy (non-hydrogen) atoms. The molecule has 0 radical (unpaired) electrons. The lowest BCUT2D eigenvalue weighted by molar-refractivity contribution is 0.332. The van der Waals surface area contributed by atoms with Gasteiger partial charge in [-0.15, -0.1) is 0 Å². The molecule has 0 aromatic heterocycles. The number of halogens is 1. The Hall–Kier alpha value is -0.980. The molecule has 1 aliphatic rings. The van der Waals surface area contributed by atoms with Crippen molar-refractivity contribution in [2.75, 3.05) is 30.4 Å². The van der Waals surface area contributed by atoms with Gasteiger partial charge in [0.2, 0.25) is 10.0 Å². The van der Waals surface area contributed by atoms with Crippen molar-refractivity contribution < 1.29 is 8.42 Å². The van der Waals surface area contributed by atoms with Gasteiger partial charge in [0.25, 0.3) is 0 Å². The van der Waals surface area contributed by atoms with Gasteiger partial charge in [-0.05, 0) is 31.0 Å². The van der Waals surface area contributed by atoms with Gasteiger partial charge in [-0.2, -0.15) is 0 Å². The average molecular weight is 304 g/mol. The van der Waals surface area contributed by atoms with Crippen LogP contribution in [0.3, 0.4) is 0 Å².